The molecule has 1 atom stereocenters. The molecule has 2 aliphatic carbocycles. The summed E-state index contributed by atoms with van der Waals surface area (Å²) in [6.45, 7) is 3.06. The second-order valence-electron chi connectivity index (χ2n) is 18.4. The van der Waals surface area contributed by atoms with Crippen LogP contribution in [0.2, 0.25) is 0 Å². The fourth-order valence-corrected chi connectivity index (χ4v) is 12.6. The molecule has 2 nitrogen and oxygen atoms in total. The third-order valence-corrected chi connectivity index (χ3v) is 15.3. The maximum Gasteiger partial charge on any atom is 0.0727 e. The molecule has 2 aromatic heterocycles. The Morgan fingerprint density at radius 1 is 0.369 bits per heavy atom. The van der Waals surface area contributed by atoms with Gasteiger partial charge >= 0.3 is 0 Å². The van der Waals surface area contributed by atoms with Crippen LogP contribution in [-0.4, -0.2) is 9.55 Å². The maximum atomic E-state index is 4.13. The van der Waals surface area contributed by atoms with Crippen LogP contribution in [0.1, 0.15) is 33.4 Å². The van der Waals surface area contributed by atoms with Gasteiger partial charge in [-0.1, -0.05) is 194 Å². The Balaban J connectivity index is 0.987. The zero-order valence-electron chi connectivity index (χ0n) is 35.8. The minimum absolute atomic E-state index is 0.488. The first kappa shape index (κ1) is 35.3. The molecule has 1 unspecified atom stereocenters. The summed E-state index contributed by atoms with van der Waals surface area (Å²) in [4.78, 5) is 4.13. The van der Waals surface area contributed by atoms with Gasteiger partial charge in [-0.25, -0.2) is 0 Å². The van der Waals surface area contributed by atoms with E-state index in [4.69, 9.17) is 0 Å². The summed E-state index contributed by atoms with van der Waals surface area (Å²) >= 11 is 0. The van der Waals surface area contributed by atoms with Crippen LogP contribution in [0.5, 0.6) is 0 Å². The number of aromatic amines is 1. The summed E-state index contributed by atoms with van der Waals surface area (Å²) < 4.78 is 2.65. The third kappa shape index (κ3) is 4.48. The maximum absolute atomic E-state index is 4.13. The monoisotopic (exact) mass is 824 g/mol. The number of benzene rings is 10. The lowest BCUT2D eigenvalue weighted by molar-refractivity contribution is 0.794. The van der Waals surface area contributed by atoms with Crippen LogP contribution in [0.4, 0.5) is 0 Å². The van der Waals surface area contributed by atoms with E-state index in [1.807, 2.05) is 0 Å². The largest absolute Gasteiger partial charge is 0.353 e. The molecular weight excluding hydrogens is 785 g/mol. The summed E-state index contributed by atoms with van der Waals surface area (Å²) in [6.07, 6.45) is 0. The molecule has 12 aromatic rings. The van der Waals surface area contributed by atoms with Crippen molar-refractivity contribution < 1.29 is 0 Å². The molecule has 0 fully saturated rings. The quantitative estimate of drug-likeness (QED) is 0.183. The van der Waals surface area contributed by atoms with Crippen molar-refractivity contribution in [3.05, 3.63) is 240 Å². The van der Waals surface area contributed by atoms with Gasteiger partial charge in [0, 0.05) is 50.3 Å². The molecule has 0 saturated heterocycles. The van der Waals surface area contributed by atoms with Crippen molar-refractivity contribution >= 4 is 43.6 Å². The van der Waals surface area contributed by atoms with Crippen molar-refractivity contribution in [2.45, 2.75) is 18.9 Å². The molecule has 3 aliphatic rings. The Labute approximate surface area is 376 Å². The minimum Gasteiger partial charge on any atom is -0.353 e. The smallest absolute Gasteiger partial charge is 0.0727 e. The van der Waals surface area contributed by atoms with Crippen molar-refractivity contribution in [1.82, 2.24) is 9.55 Å². The first-order chi connectivity index (χ1) is 32.2. The number of aromatic nitrogens is 2. The van der Waals surface area contributed by atoms with Gasteiger partial charge in [0.2, 0.25) is 0 Å². The van der Waals surface area contributed by atoms with Gasteiger partial charge in [-0.2, -0.15) is 0 Å². The highest BCUT2D eigenvalue weighted by Gasteiger charge is 2.53. The Kier molecular flexibility index (Phi) is 6.90. The zero-order chi connectivity index (χ0) is 42.5. The number of aryl methyl sites for hydroxylation is 1. The van der Waals surface area contributed by atoms with Crippen molar-refractivity contribution in [2.24, 2.45) is 0 Å². The van der Waals surface area contributed by atoms with E-state index in [1.54, 1.807) is 0 Å². The standard InChI is InChI=1S/C63H40N2/c1-37-26-27-40(38-14-4-2-5-15-38)34-51(37)44-21-12-20-43-45-30-32-55-57(60(45)64-59(43)44)49-18-8-10-24-53(49)63(55)54-25-11-9-19-50(54)58-56(63)33-31-48-46-22-13-23-47-52-35-41(39-16-6-3-7-17-39)28-29-42(52)36-65(61(46)47)62(48)58/h2-35,64H,36H2,1H3. The van der Waals surface area contributed by atoms with Gasteiger partial charge in [-0.3, -0.25) is 0 Å². The highest BCUT2D eigenvalue weighted by molar-refractivity contribution is 6.21. The average Bonchev–Trinajstić information content (AvgIpc) is 4.09. The van der Waals surface area contributed by atoms with Gasteiger partial charge in [-0.05, 0) is 96.9 Å². The van der Waals surface area contributed by atoms with Crippen molar-refractivity contribution in [3.8, 4) is 66.8 Å². The predicted molar refractivity (Wildman–Crippen MR) is 271 cm³/mol. The second-order valence-corrected chi connectivity index (χ2v) is 18.4. The van der Waals surface area contributed by atoms with Crippen molar-refractivity contribution in [1.29, 1.82) is 0 Å². The zero-order valence-corrected chi connectivity index (χ0v) is 35.8. The highest BCUT2D eigenvalue weighted by atomic mass is 15.0. The van der Waals surface area contributed by atoms with E-state index in [0.717, 1.165) is 6.54 Å². The highest BCUT2D eigenvalue weighted by Crippen LogP contribution is 2.65. The second kappa shape index (κ2) is 12.7. The molecule has 15 rings (SSSR count). The van der Waals surface area contributed by atoms with Crippen LogP contribution in [0.25, 0.3) is 110 Å². The lowest BCUT2D eigenvalue weighted by atomic mass is 9.70. The molecule has 0 amide bonds. The lowest BCUT2D eigenvalue weighted by Gasteiger charge is -2.30. The summed E-state index contributed by atoms with van der Waals surface area (Å²) in [6, 6.07) is 77.6. The predicted octanol–water partition coefficient (Wildman–Crippen LogP) is 16.1. The molecule has 1 N–H and O–H groups in total. The summed E-state index contributed by atoms with van der Waals surface area (Å²) in [5.74, 6) is 0. The van der Waals surface area contributed by atoms with Crippen LogP contribution >= 0.6 is 0 Å². The van der Waals surface area contributed by atoms with Gasteiger partial charge in [-0.15, -0.1) is 0 Å². The first-order valence-corrected chi connectivity index (χ1v) is 22.9. The van der Waals surface area contributed by atoms with Crippen LogP contribution in [-0.2, 0) is 12.0 Å². The van der Waals surface area contributed by atoms with Gasteiger partial charge in [0.1, 0.15) is 0 Å². The summed E-state index contributed by atoms with van der Waals surface area (Å²) in [5, 5.41) is 5.15. The number of rotatable bonds is 3. The minimum atomic E-state index is -0.488. The fraction of sp³-hybridized carbons (Fsp3) is 0.0476. The molecular formula is C63H40N2. The normalized spacial score (nSPS) is 15.2. The van der Waals surface area contributed by atoms with Crippen molar-refractivity contribution in [2.75, 3.05) is 0 Å². The fourth-order valence-electron chi connectivity index (χ4n) is 12.6. The number of hydrogen-bond acceptors (Lipinski definition) is 0. The van der Waals surface area contributed by atoms with Gasteiger partial charge in [0.15, 0.2) is 0 Å². The van der Waals surface area contributed by atoms with E-state index >= 15 is 0 Å². The number of nitrogens with zero attached hydrogens (tertiary/aromatic N) is 1. The van der Waals surface area contributed by atoms with E-state index in [0.29, 0.717) is 0 Å². The number of nitrogens with one attached hydrogen (secondary N) is 1. The third-order valence-electron chi connectivity index (χ3n) is 15.3. The molecule has 1 spiro atoms. The average molecular weight is 825 g/mol. The molecule has 65 heavy (non-hydrogen) atoms. The number of para-hydroxylation sites is 2. The van der Waals surface area contributed by atoms with E-state index in [2.05, 4.69) is 223 Å². The molecule has 0 bridgehead atoms. The van der Waals surface area contributed by atoms with E-state index in [1.165, 1.54) is 144 Å². The Morgan fingerprint density at radius 3 is 1.66 bits per heavy atom. The number of hydrogen-bond donors (Lipinski definition) is 1. The number of fused-ring (bicyclic) bond motifs is 20. The summed E-state index contributed by atoms with van der Waals surface area (Å²) in [7, 11) is 0. The molecule has 1 aliphatic heterocycles. The van der Waals surface area contributed by atoms with Crippen LogP contribution in [0.3, 0.4) is 0 Å². The van der Waals surface area contributed by atoms with Gasteiger partial charge in [0.25, 0.3) is 0 Å². The number of H-pyrrole nitrogens is 1. The van der Waals surface area contributed by atoms with E-state index in [-0.39, 0.29) is 0 Å². The van der Waals surface area contributed by atoms with Crippen LogP contribution in [0.15, 0.2) is 206 Å². The molecule has 2 heteroatoms. The lowest BCUT2D eigenvalue weighted by Crippen LogP contribution is -2.25. The van der Waals surface area contributed by atoms with E-state index < -0.39 is 5.41 Å². The van der Waals surface area contributed by atoms with Gasteiger partial charge < -0.3 is 9.55 Å². The topological polar surface area (TPSA) is 20.7 Å². The first-order valence-electron chi connectivity index (χ1n) is 22.9. The molecule has 302 valence electrons. The van der Waals surface area contributed by atoms with Crippen molar-refractivity contribution in [3.63, 3.8) is 0 Å². The Morgan fingerprint density at radius 2 is 0.923 bits per heavy atom. The molecule has 3 heterocycles. The molecule has 0 saturated carbocycles. The SMILES string of the molecule is Cc1ccc(-c2ccccc2)cc1-c1cccc2c1[nH]c1c3c(ccc12)C1(c2ccccc2-3)c2ccccc2-c2c1ccc1c3cccc4c3n(c21)Cc1ccc(-c2ccccc2)cc1-4. The summed E-state index contributed by atoms with van der Waals surface area (Å²) in [5.41, 5.74) is 28.0. The Hall–Kier alpha value is -8.20. The van der Waals surface area contributed by atoms with Gasteiger partial charge in [0.05, 0.1) is 27.5 Å². The van der Waals surface area contributed by atoms with Crippen LogP contribution < -0.4 is 0 Å². The van der Waals surface area contributed by atoms with Crippen LogP contribution in [0, 0.1) is 6.92 Å². The van der Waals surface area contributed by atoms with E-state index in [9.17, 15) is 0 Å². The molecule has 10 aromatic carbocycles. The molecule has 0 radical (unpaired) electrons. The Bertz CT molecular complexity index is 4030.